The van der Waals surface area contributed by atoms with Crippen LogP contribution in [0.2, 0.25) is 0 Å². The van der Waals surface area contributed by atoms with Crippen LogP contribution in [0.1, 0.15) is 6.42 Å². The van der Waals surface area contributed by atoms with Gasteiger partial charge in [0.2, 0.25) is 5.88 Å². The van der Waals surface area contributed by atoms with Gasteiger partial charge in [-0.1, -0.05) is 18.2 Å². The fourth-order valence-corrected chi connectivity index (χ4v) is 3.50. The smallest absolute Gasteiger partial charge is 0.213 e. The molecular formula is C17H19NO2S2. The molecule has 5 heteroatoms. The van der Waals surface area contributed by atoms with Crippen molar-refractivity contribution in [1.82, 2.24) is 4.98 Å². The summed E-state index contributed by atoms with van der Waals surface area (Å²) in [6, 6.07) is 14.4. The van der Waals surface area contributed by atoms with E-state index in [0.29, 0.717) is 18.4 Å². The van der Waals surface area contributed by atoms with Crippen LogP contribution in [0.5, 0.6) is 5.88 Å². The highest BCUT2D eigenvalue weighted by Crippen LogP contribution is 2.24. The van der Waals surface area contributed by atoms with E-state index in [0.717, 1.165) is 30.0 Å². The summed E-state index contributed by atoms with van der Waals surface area (Å²) >= 11 is 3.29. The number of ether oxygens (including phenoxy) is 1. The third-order valence-electron chi connectivity index (χ3n) is 3.57. The lowest BCUT2D eigenvalue weighted by atomic mass is 10.1. The van der Waals surface area contributed by atoms with Crippen molar-refractivity contribution >= 4 is 23.8 Å². The summed E-state index contributed by atoms with van der Waals surface area (Å²) in [5.74, 6) is 2.20. The van der Waals surface area contributed by atoms with Crippen molar-refractivity contribution in [2.24, 2.45) is 5.92 Å². The minimum Gasteiger partial charge on any atom is -0.477 e. The number of aromatic nitrogens is 1. The van der Waals surface area contributed by atoms with Crippen LogP contribution in [-0.4, -0.2) is 30.2 Å². The maximum atomic E-state index is 5.85. The zero-order valence-electron chi connectivity index (χ0n) is 12.5. The monoisotopic (exact) mass is 333 g/mol. The van der Waals surface area contributed by atoms with E-state index < -0.39 is 0 Å². The highest BCUT2D eigenvalue weighted by atomic mass is 32.2. The van der Waals surface area contributed by atoms with Gasteiger partial charge in [-0.15, -0.1) is 11.8 Å². The lowest BCUT2D eigenvalue weighted by molar-refractivity contribution is 0.175. The normalized spacial score (nSPS) is 18.1. The summed E-state index contributed by atoms with van der Waals surface area (Å²) in [5.41, 5.74) is 2.06. The lowest BCUT2D eigenvalue weighted by Gasteiger charge is -2.20. The first-order chi connectivity index (χ1) is 10.8. The third-order valence-corrected chi connectivity index (χ3v) is 5.02. The molecule has 0 aliphatic carbocycles. The van der Waals surface area contributed by atoms with Crippen LogP contribution >= 0.6 is 23.8 Å². The number of hydrogen-bond acceptors (Lipinski definition) is 5. The SMILES string of the molecule is CSc1ccc(-c2cccc(OCC3CCSOC3)n2)cc1. The molecule has 0 spiro atoms. The van der Waals surface area contributed by atoms with Gasteiger partial charge >= 0.3 is 0 Å². The number of thioether (sulfide) groups is 1. The second-order valence-corrected chi connectivity index (χ2v) is 6.92. The van der Waals surface area contributed by atoms with E-state index in [1.54, 1.807) is 23.8 Å². The Morgan fingerprint density at radius 3 is 2.86 bits per heavy atom. The molecule has 0 bridgehead atoms. The average molecular weight is 333 g/mol. The van der Waals surface area contributed by atoms with Crippen molar-refractivity contribution in [3.8, 4) is 17.1 Å². The largest absolute Gasteiger partial charge is 0.477 e. The van der Waals surface area contributed by atoms with Crippen LogP contribution in [-0.2, 0) is 4.18 Å². The van der Waals surface area contributed by atoms with E-state index in [2.05, 4.69) is 35.5 Å². The van der Waals surface area contributed by atoms with Crippen molar-refractivity contribution in [3.05, 3.63) is 42.5 Å². The Hall–Kier alpha value is -1.17. The van der Waals surface area contributed by atoms with Crippen LogP contribution in [0.3, 0.4) is 0 Å². The van der Waals surface area contributed by atoms with Gasteiger partial charge in [0.05, 0.1) is 18.9 Å². The van der Waals surface area contributed by atoms with E-state index in [9.17, 15) is 0 Å². The standard InChI is InChI=1S/C17H19NO2S2/c1-21-15-7-5-14(6-8-15)16-3-2-4-17(18-16)19-11-13-9-10-22-20-12-13/h2-8,13H,9-12H2,1H3. The summed E-state index contributed by atoms with van der Waals surface area (Å²) in [6.07, 6.45) is 3.22. The highest BCUT2D eigenvalue weighted by molar-refractivity contribution is 7.98. The molecule has 1 fully saturated rings. The predicted octanol–water partition coefficient (Wildman–Crippen LogP) is 4.53. The van der Waals surface area contributed by atoms with Gasteiger partial charge in [-0.3, -0.25) is 0 Å². The fourth-order valence-electron chi connectivity index (χ4n) is 2.25. The molecule has 1 aliphatic rings. The second kappa shape index (κ2) is 7.90. The molecule has 0 N–H and O–H groups in total. The zero-order valence-corrected chi connectivity index (χ0v) is 14.2. The van der Waals surface area contributed by atoms with Gasteiger partial charge < -0.3 is 8.92 Å². The Balaban J connectivity index is 1.66. The minimum absolute atomic E-state index is 0.465. The molecule has 22 heavy (non-hydrogen) atoms. The molecule has 116 valence electrons. The third kappa shape index (κ3) is 4.18. The predicted molar refractivity (Wildman–Crippen MR) is 93.5 cm³/mol. The molecular weight excluding hydrogens is 314 g/mol. The van der Waals surface area contributed by atoms with Crippen LogP contribution in [0.4, 0.5) is 0 Å². The molecule has 3 nitrogen and oxygen atoms in total. The van der Waals surface area contributed by atoms with Crippen molar-refractivity contribution in [1.29, 1.82) is 0 Å². The molecule has 0 saturated carbocycles. The van der Waals surface area contributed by atoms with Crippen LogP contribution in [0.15, 0.2) is 47.4 Å². The topological polar surface area (TPSA) is 31.4 Å². The lowest BCUT2D eigenvalue weighted by Crippen LogP contribution is -2.21. The number of hydrogen-bond donors (Lipinski definition) is 0. The number of pyridine rings is 1. The average Bonchev–Trinajstić information content (AvgIpc) is 2.61. The summed E-state index contributed by atoms with van der Waals surface area (Å²) in [7, 11) is 0. The van der Waals surface area contributed by atoms with Gasteiger partial charge in [0.15, 0.2) is 0 Å². The maximum absolute atomic E-state index is 5.85. The molecule has 1 aromatic heterocycles. The second-order valence-electron chi connectivity index (χ2n) is 5.16. The van der Waals surface area contributed by atoms with Gasteiger partial charge in [0.25, 0.3) is 0 Å². The number of benzene rings is 1. The summed E-state index contributed by atoms with van der Waals surface area (Å²) in [6.45, 7) is 1.43. The van der Waals surface area contributed by atoms with Gasteiger partial charge in [-0.2, -0.15) is 0 Å². The first-order valence-electron chi connectivity index (χ1n) is 7.34. The van der Waals surface area contributed by atoms with Crippen LogP contribution in [0.25, 0.3) is 11.3 Å². The molecule has 0 amide bonds. The summed E-state index contributed by atoms with van der Waals surface area (Å²) < 4.78 is 11.2. The van der Waals surface area contributed by atoms with Gasteiger partial charge in [-0.05, 0) is 42.9 Å². The summed E-state index contributed by atoms with van der Waals surface area (Å²) in [5, 5.41) is 0. The molecule has 1 saturated heterocycles. The van der Waals surface area contributed by atoms with Crippen LogP contribution < -0.4 is 4.74 Å². The Bertz CT molecular complexity index is 598. The summed E-state index contributed by atoms with van der Waals surface area (Å²) in [4.78, 5) is 5.86. The molecule has 2 heterocycles. The van der Waals surface area contributed by atoms with Crippen molar-refractivity contribution in [2.45, 2.75) is 11.3 Å². The number of rotatable bonds is 5. The molecule has 2 aromatic rings. The van der Waals surface area contributed by atoms with Gasteiger partial charge in [-0.25, -0.2) is 4.98 Å². The highest BCUT2D eigenvalue weighted by Gasteiger charge is 2.15. The van der Waals surface area contributed by atoms with E-state index >= 15 is 0 Å². The van der Waals surface area contributed by atoms with E-state index in [4.69, 9.17) is 8.92 Å². The molecule has 1 aliphatic heterocycles. The fraction of sp³-hybridized carbons (Fsp3) is 0.353. The Kier molecular flexibility index (Phi) is 5.64. The van der Waals surface area contributed by atoms with Crippen molar-refractivity contribution in [2.75, 3.05) is 25.2 Å². The first kappa shape index (κ1) is 15.7. The first-order valence-corrected chi connectivity index (χ1v) is 9.47. The van der Waals surface area contributed by atoms with Crippen molar-refractivity contribution < 1.29 is 8.92 Å². The minimum atomic E-state index is 0.465. The zero-order chi connectivity index (χ0) is 15.2. The van der Waals surface area contributed by atoms with E-state index in [-0.39, 0.29) is 0 Å². The molecule has 1 unspecified atom stereocenters. The molecule has 1 atom stereocenters. The van der Waals surface area contributed by atoms with Gasteiger partial charge in [0.1, 0.15) is 0 Å². The van der Waals surface area contributed by atoms with Crippen LogP contribution in [0, 0.1) is 5.92 Å². The van der Waals surface area contributed by atoms with E-state index in [1.165, 1.54) is 4.90 Å². The van der Waals surface area contributed by atoms with Crippen molar-refractivity contribution in [3.63, 3.8) is 0 Å². The quantitative estimate of drug-likeness (QED) is 0.592. The Morgan fingerprint density at radius 2 is 2.14 bits per heavy atom. The molecule has 3 rings (SSSR count). The Labute approximate surface area is 140 Å². The molecule has 1 aromatic carbocycles. The number of nitrogens with zero attached hydrogens (tertiary/aromatic N) is 1. The van der Waals surface area contributed by atoms with Gasteiger partial charge in [0, 0.05) is 28.2 Å². The Morgan fingerprint density at radius 1 is 1.27 bits per heavy atom. The molecule has 0 radical (unpaired) electrons. The van der Waals surface area contributed by atoms with E-state index in [1.807, 2.05) is 18.2 Å². The maximum Gasteiger partial charge on any atom is 0.213 e.